The third-order valence-corrected chi connectivity index (χ3v) is 3.00. The molecule has 5 heteroatoms. The van der Waals surface area contributed by atoms with Crippen LogP contribution in [0.2, 0.25) is 0 Å². The summed E-state index contributed by atoms with van der Waals surface area (Å²) in [5.74, 6) is -0.846. The van der Waals surface area contributed by atoms with E-state index < -0.39 is 10.7 Å². The van der Waals surface area contributed by atoms with E-state index in [0.717, 1.165) is 12.8 Å². The maximum atomic E-state index is 14.2. The Labute approximate surface area is 96.2 Å². The van der Waals surface area contributed by atoms with Gasteiger partial charge in [-0.2, -0.15) is 0 Å². The van der Waals surface area contributed by atoms with Gasteiger partial charge in [-0.25, -0.2) is 4.39 Å². The van der Waals surface area contributed by atoms with Crippen LogP contribution in [0.3, 0.4) is 0 Å². The number of para-hydroxylation sites is 1. The number of hydrogen-bond donors (Lipinski definition) is 0. The van der Waals surface area contributed by atoms with Gasteiger partial charge in [-0.15, -0.1) is 0 Å². The molecule has 0 saturated heterocycles. The lowest BCUT2D eigenvalue weighted by molar-refractivity contribution is -0.390. The van der Waals surface area contributed by atoms with Crippen LogP contribution in [-0.4, -0.2) is 9.91 Å². The number of pyridine rings is 1. The van der Waals surface area contributed by atoms with Crippen LogP contribution in [0.1, 0.15) is 24.3 Å². The molecule has 0 spiro atoms. The Morgan fingerprint density at radius 2 is 2.06 bits per heavy atom. The van der Waals surface area contributed by atoms with E-state index >= 15 is 0 Å². The molecule has 86 valence electrons. The number of nitrogens with zero attached hydrogens (tertiary/aromatic N) is 2. The molecule has 0 bridgehead atoms. The molecule has 17 heavy (non-hydrogen) atoms. The summed E-state index contributed by atoms with van der Waals surface area (Å²) in [5, 5.41) is 11.3. The lowest BCUT2D eigenvalue weighted by Gasteiger charge is -2.04. The predicted octanol–water partition coefficient (Wildman–Crippen LogP) is 3.16. The highest BCUT2D eigenvalue weighted by Crippen LogP contribution is 2.46. The molecule has 4 nitrogen and oxygen atoms in total. The normalized spacial score (nSPS) is 15.1. The van der Waals surface area contributed by atoms with Gasteiger partial charge < -0.3 is 10.1 Å². The van der Waals surface area contributed by atoms with Crippen molar-refractivity contribution in [2.24, 2.45) is 0 Å². The van der Waals surface area contributed by atoms with Crippen molar-refractivity contribution >= 4 is 16.7 Å². The molecule has 0 radical (unpaired) electrons. The smallest absolute Gasteiger partial charge is 0.358 e. The van der Waals surface area contributed by atoms with Crippen molar-refractivity contribution in [3.8, 4) is 0 Å². The van der Waals surface area contributed by atoms with Crippen molar-refractivity contribution in [2.45, 2.75) is 18.8 Å². The van der Waals surface area contributed by atoms with Crippen LogP contribution >= 0.6 is 0 Å². The maximum absolute atomic E-state index is 14.2. The van der Waals surface area contributed by atoms with Crippen molar-refractivity contribution in [1.29, 1.82) is 0 Å². The molecule has 1 aliphatic carbocycles. The quantitative estimate of drug-likeness (QED) is 0.590. The van der Waals surface area contributed by atoms with E-state index in [9.17, 15) is 14.5 Å². The predicted molar refractivity (Wildman–Crippen MR) is 60.3 cm³/mol. The monoisotopic (exact) mass is 232 g/mol. The Morgan fingerprint density at radius 3 is 2.71 bits per heavy atom. The number of fused-ring (bicyclic) bond motifs is 1. The molecule has 1 saturated carbocycles. The van der Waals surface area contributed by atoms with E-state index in [-0.39, 0.29) is 17.3 Å². The molecular weight excluding hydrogens is 223 g/mol. The number of aromatic nitrogens is 1. The second-order valence-electron chi connectivity index (χ2n) is 4.21. The largest absolute Gasteiger partial charge is 0.370 e. The summed E-state index contributed by atoms with van der Waals surface area (Å²) in [6.07, 6.45) is 1.61. The van der Waals surface area contributed by atoms with Gasteiger partial charge in [0.1, 0.15) is 5.82 Å². The Bertz CT molecular complexity index is 623. The Hall–Kier alpha value is -2.04. The zero-order chi connectivity index (χ0) is 12.0. The first-order valence-corrected chi connectivity index (χ1v) is 5.41. The summed E-state index contributed by atoms with van der Waals surface area (Å²) in [5.41, 5.74) is 0.509. The lowest BCUT2D eigenvalue weighted by Crippen LogP contribution is -2.02. The third-order valence-electron chi connectivity index (χ3n) is 3.00. The molecule has 0 N–H and O–H groups in total. The Balaban J connectivity index is 2.37. The minimum absolute atomic E-state index is 0.0347. The van der Waals surface area contributed by atoms with Crippen LogP contribution in [0.5, 0.6) is 0 Å². The molecule has 1 aliphatic rings. The van der Waals surface area contributed by atoms with Crippen molar-refractivity contribution in [3.63, 3.8) is 0 Å². The van der Waals surface area contributed by atoms with E-state index in [1.54, 1.807) is 24.3 Å². The molecule has 1 aromatic carbocycles. The zero-order valence-corrected chi connectivity index (χ0v) is 8.89. The standard InChI is InChI=1S/C12H9FN2O2/c13-11-8-3-1-2-4-9(8)14-12(15(16)17)10(11)7-5-6-7/h1-4,7H,5-6H2. The number of nitro groups is 1. The summed E-state index contributed by atoms with van der Waals surface area (Å²) >= 11 is 0. The highest BCUT2D eigenvalue weighted by atomic mass is 19.1. The average molecular weight is 232 g/mol. The highest BCUT2D eigenvalue weighted by molar-refractivity contribution is 5.81. The van der Waals surface area contributed by atoms with E-state index in [1.165, 1.54) is 0 Å². The summed E-state index contributed by atoms with van der Waals surface area (Å²) in [4.78, 5) is 14.3. The van der Waals surface area contributed by atoms with Gasteiger partial charge in [0.25, 0.3) is 0 Å². The second kappa shape index (κ2) is 3.48. The van der Waals surface area contributed by atoms with E-state index in [1.807, 2.05) is 0 Å². The van der Waals surface area contributed by atoms with Gasteiger partial charge in [0.2, 0.25) is 0 Å². The highest BCUT2D eigenvalue weighted by Gasteiger charge is 2.36. The topological polar surface area (TPSA) is 56.0 Å². The van der Waals surface area contributed by atoms with Gasteiger partial charge in [0.15, 0.2) is 5.52 Å². The molecule has 3 rings (SSSR count). The van der Waals surface area contributed by atoms with Gasteiger partial charge in [-0.3, -0.25) is 0 Å². The van der Waals surface area contributed by atoms with E-state index in [2.05, 4.69) is 4.98 Å². The number of benzene rings is 1. The second-order valence-corrected chi connectivity index (χ2v) is 4.21. The summed E-state index contributed by atoms with van der Waals surface area (Å²) in [6.45, 7) is 0. The van der Waals surface area contributed by atoms with Crippen LogP contribution in [-0.2, 0) is 0 Å². The van der Waals surface area contributed by atoms with Crippen LogP contribution in [0.15, 0.2) is 24.3 Å². The van der Waals surface area contributed by atoms with Crippen molar-refractivity contribution in [3.05, 3.63) is 45.8 Å². The molecule has 0 atom stereocenters. The number of rotatable bonds is 2. The van der Waals surface area contributed by atoms with E-state index in [4.69, 9.17) is 0 Å². The van der Waals surface area contributed by atoms with Crippen molar-refractivity contribution in [1.82, 2.24) is 4.98 Å². The molecule has 1 fully saturated rings. The van der Waals surface area contributed by atoms with Crippen LogP contribution in [0.25, 0.3) is 10.9 Å². The maximum Gasteiger partial charge on any atom is 0.370 e. The minimum atomic E-state index is -0.594. The fourth-order valence-electron chi connectivity index (χ4n) is 2.05. The van der Waals surface area contributed by atoms with Crippen LogP contribution in [0.4, 0.5) is 10.2 Å². The van der Waals surface area contributed by atoms with Gasteiger partial charge in [0, 0.05) is 0 Å². The van der Waals surface area contributed by atoms with Gasteiger partial charge in [-0.05, 0) is 40.8 Å². The molecule has 0 amide bonds. The van der Waals surface area contributed by atoms with Gasteiger partial charge >= 0.3 is 5.82 Å². The molecule has 1 heterocycles. The average Bonchev–Trinajstić information content (AvgIpc) is 3.13. The van der Waals surface area contributed by atoms with Crippen LogP contribution in [0, 0.1) is 15.9 Å². The fraction of sp³-hybridized carbons (Fsp3) is 0.250. The van der Waals surface area contributed by atoms with E-state index in [0.29, 0.717) is 10.9 Å². The Morgan fingerprint density at radius 1 is 1.35 bits per heavy atom. The zero-order valence-electron chi connectivity index (χ0n) is 8.89. The minimum Gasteiger partial charge on any atom is -0.358 e. The molecular formula is C12H9FN2O2. The molecule has 2 aromatic rings. The van der Waals surface area contributed by atoms with Crippen LogP contribution < -0.4 is 0 Å². The number of hydrogen-bond acceptors (Lipinski definition) is 3. The lowest BCUT2D eigenvalue weighted by atomic mass is 10.1. The summed E-state index contributed by atoms with van der Waals surface area (Å²) < 4.78 is 14.2. The van der Waals surface area contributed by atoms with Gasteiger partial charge in [-0.1, -0.05) is 12.1 Å². The fourth-order valence-corrected chi connectivity index (χ4v) is 2.05. The SMILES string of the molecule is O=[N+]([O-])c1nc2ccccc2c(F)c1C1CC1. The third kappa shape index (κ3) is 1.54. The van der Waals surface area contributed by atoms with Crippen molar-refractivity contribution < 1.29 is 9.31 Å². The first kappa shape index (κ1) is 10.1. The van der Waals surface area contributed by atoms with Gasteiger partial charge in [0.05, 0.1) is 10.9 Å². The molecule has 1 aromatic heterocycles. The molecule has 0 unspecified atom stereocenters. The Kier molecular flexibility index (Phi) is 2.07. The summed E-state index contributed by atoms with van der Waals surface area (Å²) in [7, 11) is 0. The summed E-state index contributed by atoms with van der Waals surface area (Å²) in [6, 6.07) is 6.58. The molecule has 0 aliphatic heterocycles. The first-order chi connectivity index (χ1) is 8.18. The van der Waals surface area contributed by atoms with Crippen molar-refractivity contribution in [2.75, 3.05) is 0 Å². The first-order valence-electron chi connectivity index (χ1n) is 5.41. The number of halogens is 1.